The molecule has 1 heterocycles. The van der Waals surface area contributed by atoms with Gasteiger partial charge in [0.25, 0.3) is 0 Å². The van der Waals surface area contributed by atoms with Gasteiger partial charge in [0.1, 0.15) is 5.75 Å². The zero-order chi connectivity index (χ0) is 18.2. The number of benzene rings is 1. The maximum absolute atomic E-state index is 12.8. The topological polar surface area (TPSA) is 57.7 Å². The Morgan fingerprint density at radius 2 is 2.04 bits per heavy atom. The first-order chi connectivity index (χ1) is 12.0. The fourth-order valence-corrected chi connectivity index (χ4v) is 2.40. The van der Waals surface area contributed by atoms with Crippen LogP contribution in [0.15, 0.2) is 42.7 Å². The summed E-state index contributed by atoms with van der Waals surface area (Å²) < 4.78 is 5.35. The number of anilines is 1. The zero-order valence-corrected chi connectivity index (χ0v) is 15.3. The lowest BCUT2D eigenvalue weighted by atomic mass is 10.2. The van der Waals surface area contributed by atoms with Crippen LogP contribution in [-0.4, -0.2) is 55.1 Å². The van der Waals surface area contributed by atoms with Gasteiger partial charge in [0, 0.05) is 32.0 Å². The molecule has 134 valence electrons. The van der Waals surface area contributed by atoms with Crippen molar-refractivity contribution in [1.82, 2.24) is 14.8 Å². The second kappa shape index (κ2) is 9.03. The quantitative estimate of drug-likeness (QED) is 0.840. The van der Waals surface area contributed by atoms with Gasteiger partial charge in [-0.3, -0.25) is 4.98 Å². The van der Waals surface area contributed by atoms with Crippen LogP contribution in [0.2, 0.25) is 0 Å². The zero-order valence-electron chi connectivity index (χ0n) is 15.3. The number of aryl methyl sites for hydroxylation is 1. The summed E-state index contributed by atoms with van der Waals surface area (Å²) in [5, 5.41) is 2.97. The van der Waals surface area contributed by atoms with Crippen LogP contribution in [0.25, 0.3) is 0 Å². The van der Waals surface area contributed by atoms with Crippen molar-refractivity contribution in [2.45, 2.75) is 13.5 Å². The minimum atomic E-state index is -0.158. The van der Waals surface area contributed by atoms with Gasteiger partial charge in [-0.25, -0.2) is 4.79 Å². The summed E-state index contributed by atoms with van der Waals surface area (Å²) in [7, 11) is 5.58. The molecule has 2 amide bonds. The van der Waals surface area contributed by atoms with Gasteiger partial charge in [0.2, 0.25) is 0 Å². The summed E-state index contributed by atoms with van der Waals surface area (Å²) in [5.74, 6) is 0.646. The summed E-state index contributed by atoms with van der Waals surface area (Å²) in [5.41, 5.74) is 2.73. The molecule has 0 saturated carbocycles. The number of likely N-dealkylation sites (N-methyl/N-ethyl adjacent to an activating group) is 1. The van der Waals surface area contributed by atoms with Crippen LogP contribution >= 0.6 is 0 Å². The van der Waals surface area contributed by atoms with Crippen molar-refractivity contribution >= 4 is 11.7 Å². The van der Waals surface area contributed by atoms with E-state index in [9.17, 15) is 4.79 Å². The molecule has 1 N–H and O–H groups in total. The van der Waals surface area contributed by atoms with Crippen LogP contribution in [0.4, 0.5) is 10.5 Å². The van der Waals surface area contributed by atoms with E-state index in [1.165, 1.54) is 0 Å². The standard InChI is InChI=1S/C19H26N4O2/c1-15-7-8-18(25-4)17(12-15)21-19(24)23(11-10-22(2)3)14-16-6-5-9-20-13-16/h5-9,12-13H,10-11,14H2,1-4H3,(H,21,24). The van der Waals surface area contributed by atoms with Gasteiger partial charge in [-0.2, -0.15) is 0 Å². The molecule has 6 nitrogen and oxygen atoms in total. The van der Waals surface area contributed by atoms with Crippen LogP contribution in [0.3, 0.4) is 0 Å². The van der Waals surface area contributed by atoms with Crippen molar-refractivity contribution < 1.29 is 9.53 Å². The predicted octanol–water partition coefficient (Wildman–Crippen LogP) is 2.99. The van der Waals surface area contributed by atoms with Crippen molar-refractivity contribution in [3.05, 3.63) is 53.9 Å². The van der Waals surface area contributed by atoms with Crippen LogP contribution in [0, 0.1) is 6.92 Å². The molecular formula is C19H26N4O2. The van der Waals surface area contributed by atoms with E-state index in [0.717, 1.165) is 17.7 Å². The normalized spacial score (nSPS) is 10.6. The number of amides is 2. The fourth-order valence-electron chi connectivity index (χ4n) is 2.40. The van der Waals surface area contributed by atoms with E-state index in [0.29, 0.717) is 24.5 Å². The molecular weight excluding hydrogens is 316 g/mol. The highest BCUT2D eigenvalue weighted by Crippen LogP contribution is 2.25. The Morgan fingerprint density at radius 3 is 2.68 bits per heavy atom. The summed E-state index contributed by atoms with van der Waals surface area (Å²) in [4.78, 5) is 20.8. The lowest BCUT2D eigenvalue weighted by molar-refractivity contribution is 0.202. The number of pyridine rings is 1. The molecule has 0 aliphatic rings. The Hall–Kier alpha value is -2.60. The molecule has 0 spiro atoms. The van der Waals surface area contributed by atoms with Crippen LogP contribution in [0.1, 0.15) is 11.1 Å². The van der Waals surface area contributed by atoms with E-state index in [1.54, 1.807) is 24.4 Å². The largest absolute Gasteiger partial charge is 0.495 e. The first-order valence-corrected chi connectivity index (χ1v) is 8.24. The van der Waals surface area contributed by atoms with Crippen LogP contribution in [-0.2, 0) is 6.54 Å². The fraction of sp³-hybridized carbons (Fsp3) is 0.368. The maximum Gasteiger partial charge on any atom is 0.322 e. The third-order valence-electron chi connectivity index (χ3n) is 3.80. The molecule has 1 aromatic heterocycles. The lowest BCUT2D eigenvalue weighted by Gasteiger charge is -2.25. The Bertz CT molecular complexity index is 689. The van der Waals surface area contributed by atoms with Crippen LogP contribution < -0.4 is 10.1 Å². The summed E-state index contributed by atoms with van der Waals surface area (Å²) in [6, 6.07) is 9.40. The monoisotopic (exact) mass is 342 g/mol. The number of carbonyl (C=O) groups excluding carboxylic acids is 1. The van der Waals surface area contributed by atoms with Gasteiger partial charge in [0.05, 0.1) is 12.8 Å². The number of ether oxygens (including phenoxy) is 1. The highest BCUT2D eigenvalue weighted by Gasteiger charge is 2.16. The number of urea groups is 1. The van der Waals surface area contributed by atoms with Crippen molar-refractivity contribution in [2.24, 2.45) is 0 Å². The van der Waals surface area contributed by atoms with E-state index in [1.807, 2.05) is 51.4 Å². The predicted molar refractivity (Wildman–Crippen MR) is 100.0 cm³/mol. The van der Waals surface area contributed by atoms with E-state index in [4.69, 9.17) is 4.74 Å². The molecule has 0 atom stereocenters. The van der Waals surface area contributed by atoms with E-state index < -0.39 is 0 Å². The number of methoxy groups -OCH3 is 1. The van der Waals surface area contributed by atoms with Gasteiger partial charge >= 0.3 is 6.03 Å². The second-order valence-corrected chi connectivity index (χ2v) is 6.22. The average Bonchev–Trinajstić information content (AvgIpc) is 2.59. The Kier molecular flexibility index (Phi) is 6.77. The highest BCUT2D eigenvalue weighted by atomic mass is 16.5. The molecule has 0 unspecified atom stereocenters. The Morgan fingerprint density at radius 1 is 1.24 bits per heavy atom. The molecule has 0 aliphatic heterocycles. The number of nitrogens with zero attached hydrogens (tertiary/aromatic N) is 3. The summed E-state index contributed by atoms with van der Waals surface area (Å²) in [6.07, 6.45) is 3.51. The molecule has 2 rings (SSSR count). The Balaban J connectivity index is 2.15. The number of carbonyl (C=O) groups is 1. The molecule has 0 fully saturated rings. The molecule has 1 aromatic carbocycles. The van der Waals surface area contributed by atoms with Gasteiger partial charge < -0.3 is 19.9 Å². The van der Waals surface area contributed by atoms with Crippen molar-refractivity contribution in [3.8, 4) is 5.75 Å². The highest BCUT2D eigenvalue weighted by molar-refractivity contribution is 5.91. The van der Waals surface area contributed by atoms with E-state index in [2.05, 4.69) is 15.2 Å². The first kappa shape index (κ1) is 18.7. The number of hydrogen-bond donors (Lipinski definition) is 1. The van der Waals surface area contributed by atoms with Crippen molar-refractivity contribution in [3.63, 3.8) is 0 Å². The van der Waals surface area contributed by atoms with Crippen molar-refractivity contribution in [2.75, 3.05) is 39.6 Å². The molecule has 25 heavy (non-hydrogen) atoms. The summed E-state index contributed by atoms with van der Waals surface area (Å²) in [6.45, 7) is 3.87. The second-order valence-electron chi connectivity index (χ2n) is 6.22. The van der Waals surface area contributed by atoms with Gasteiger partial charge in [-0.1, -0.05) is 12.1 Å². The maximum atomic E-state index is 12.8. The van der Waals surface area contributed by atoms with Gasteiger partial charge in [-0.05, 0) is 50.3 Å². The summed E-state index contributed by atoms with van der Waals surface area (Å²) >= 11 is 0. The molecule has 0 bridgehead atoms. The van der Waals surface area contributed by atoms with E-state index >= 15 is 0 Å². The molecule has 0 aliphatic carbocycles. The van der Waals surface area contributed by atoms with Gasteiger partial charge in [-0.15, -0.1) is 0 Å². The third-order valence-corrected chi connectivity index (χ3v) is 3.80. The van der Waals surface area contributed by atoms with Crippen LogP contribution in [0.5, 0.6) is 5.75 Å². The van der Waals surface area contributed by atoms with Crippen molar-refractivity contribution in [1.29, 1.82) is 0 Å². The molecule has 0 saturated heterocycles. The average molecular weight is 342 g/mol. The number of aromatic nitrogens is 1. The first-order valence-electron chi connectivity index (χ1n) is 8.24. The lowest BCUT2D eigenvalue weighted by Crippen LogP contribution is -2.39. The van der Waals surface area contributed by atoms with E-state index in [-0.39, 0.29) is 6.03 Å². The number of rotatable bonds is 7. The SMILES string of the molecule is COc1ccc(C)cc1NC(=O)N(CCN(C)C)Cc1cccnc1. The Labute approximate surface area is 149 Å². The van der Waals surface area contributed by atoms with Gasteiger partial charge in [0.15, 0.2) is 0 Å². The smallest absolute Gasteiger partial charge is 0.322 e. The third kappa shape index (κ3) is 5.76. The minimum Gasteiger partial charge on any atom is -0.495 e. The molecule has 0 radical (unpaired) electrons. The molecule has 2 aromatic rings. The number of nitrogens with one attached hydrogen (secondary N) is 1. The minimum absolute atomic E-state index is 0.158. The molecule has 6 heteroatoms. The number of hydrogen-bond acceptors (Lipinski definition) is 4.